The second kappa shape index (κ2) is 6.11. The van der Waals surface area contributed by atoms with E-state index in [9.17, 15) is 5.11 Å². The van der Waals surface area contributed by atoms with E-state index >= 15 is 0 Å². The molecule has 0 saturated carbocycles. The Hall–Kier alpha value is -0.570. The topological polar surface area (TPSA) is 46.2 Å². The zero-order valence-electron chi connectivity index (χ0n) is 8.99. The van der Waals surface area contributed by atoms with Crippen molar-refractivity contribution in [3.05, 3.63) is 34.9 Å². The van der Waals surface area contributed by atoms with Crippen molar-refractivity contribution in [3.8, 4) is 0 Å². The highest BCUT2D eigenvalue weighted by molar-refractivity contribution is 6.31. The summed E-state index contributed by atoms with van der Waals surface area (Å²) in [4.78, 5) is 0. The van der Waals surface area contributed by atoms with Gasteiger partial charge < -0.3 is 10.8 Å². The Morgan fingerprint density at radius 1 is 1.40 bits per heavy atom. The Morgan fingerprint density at radius 2 is 2.07 bits per heavy atom. The van der Waals surface area contributed by atoms with Crippen LogP contribution in [-0.2, 0) is 0 Å². The first-order valence-corrected chi connectivity index (χ1v) is 5.71. The number of aliphatic hydroxyl groups excluding tert-OH is 1. The van der Waals surface area contributed by atoms with Crippen molar-refractivity contribution < 1.29 is 5.11 Å². The fourth-order valence-electron chi connectivity index (χ4n) is 1.76. The number of hydrogen-bond donors (Lipinski definition) is 2. The molecule has 2 unspecified atom stereocenters. The molecule has 2 nitrogen and oxygen atoms in total. The second-order valence-corrected chi connectivity index (χ2v) is 4.13. The third kappa shape index (κ3) is 3.20. The first kappa shape index (κ1) is 12.5. The van der Waals surface area contributed by atoms with Gasteiger partial charge in [-0.25, -0.2) is 0 Å². The molecule has 15 heavy (non-hydrogen) atoms. The number of rotatable bonds is 5. The van der Waals surface area contributed by atoms with Crippen LogP contribution in [0.15, 0.2) is 24.3 Å². The van der Waals surface area contributed by atoms with Crippen LogP contribution in [0.4, 0.5) is 0 Å². The molecule has 0 spiro atoms. The van der Waals surface area contributed by atoms with Gasteiger partial charge in [-0.3, -0.25) is 0 Å². The van der Waals surface area contributed by atoms with E-state index in [4.69, 9.17) is 17.3 Å². The zero-order valence-corrected chi connectivity index (χ0v) is 9.74. The van der Waals surface area contributed by atoms with Crippen LogP contribution < -0.4 is 5.73 Å². The minimum absolute atomic E-state index is 0.0568. The minimum atomic E-state index is -0.403. The highest BCUT2D eigenvalue weighted by atomic mass is 35.5. The summed E-state index contributed by atoms with van der Waals surface area (Å²) in [5, 5.41) is 10.6. The monoisotopic (exact) mass is 227 g/mol. The molecule has 2 atom stereocenters. The fraction of sp³-hybridized carbons (Fsp3) is 0.500. The molecule has 0 aliphatic carbocycles. The summed E-state index contributed by atoms with van der Waals surface area (Å²) in [5.74, 6) is -0.0568. The van der Waals surface area contributed by atoms with Crippen LogP contribution >= 0.6 is 11.6 Å². The van der Waals surface area contributed by atoms with E-state index in [1.54, 1.807) is 0 Å². The Labute approximate surface area is 96.1 Å². The lowest BCUT2D eigenvalue weighted by Gasteiger charge is -2.22. The quantitative estimate of drug-likeness (QED) is 0.812. The summed E-state index contributed by atoms with van der Waals surface area (Å²) in [5.41, 5.74) is 6.63. The summed E-state index contributed by atoms with van der Waals surface area (Å²) in [6, 6.07) is 7.56. The summed E-state index contributed by atoms with van der Waals surface area (Å²) >= 11 is 6.08. The summed E-state index contributed by atoms with van der Waals surface area (Å²) in [7, 11) is 0. The molecule has 0 bridgehead atoms. The molecule has 84 valence electrons. The summed E-state index contributed by atoms with van der Waals surface area (Å²) in [6.07, 6.45) is 1.30. The molecule has 3 N–H and O–H groups in total. The van der Waals surface area contributed by atoms with Crippen molar-refractivity contribution in [1.82, 2.24) is 0 Å². The van der Waals surface area contributed by atoms with E-state index in [0.29, 0.717) is 11.6 Å². The van der Waals surface area contributed by atoms with Gasteiger partial charge in [-0.05, 0) is 18.1 Å². The molecule has 0 aliphatic heterocycles. The smallest absolute Gasteiger partial charge is 0.0621 e. The molecule has 1 aromatic rings. The first-order chi connectivity index (χ1) is 7.20. The van der Waals surface area contributed by atoms with Crippen LogP contribution in [0.2, 0.25) is 5.02 Å². The Morgan fingerprint density at radius 3 is 2.60 bits per heavy atom. The Kier molecular flexibility index (Phi) is 5.09. The van der Waals surface area contributed by atoms with Crippen LogP contribution in [-0.4, -0.2) is 17.8 Å². The van der Waals surface area contributed by atoms with Gasteiger partial charge in [0.2, 0.25) is 0 Å². The average Bonchev–Trinajstić information content (AvgIpc) is 2.22. The van der Waals surface area contributed by atoms with Crippen LogP contribution in [0.3, 0.4) is 0 Å². The van der Waals surface area contributed by atoms with Gasteiger partial charge in [-0.2, -0.15) is 0 Å². The third-order valence-electron chi connectivity index (χ3n) is 2.61. The molecule has 1 rings (SSSR count). The van der Waals surface area contributed by atoms with Crippen LogP contribution in [0.25, 0.3) is 0 Å². The highest BCUT2D eigenvalue weighted by Gasteiger charge is 2.20. The molecule has 0 amide bonds. The molecule has 1 aromatic carbocycles. The number of nitrogens with two attached hydrogens (primary N) is 1. The van der Waals surface area contributed by atoms with Crippen molar-refractivity contribution in [3.63, 3.8) is 0 Å². The molecule has 3 heteroatoms. The maximum absolute atomic E-state index is 9.95. The van der Waals surface area contributed by atoms with E-state index in [0.717, 1.165) is 18.4 Å². The Balaban J connectivity index is 2.87. The van der Waals surface area contributed by atoms with Crippen LogP contribution in [0, 0.1) is 0 Å². The van der Waals surface area contributed by atoms with Gasteiger partial charge in [-0.1, -0.05) is 43.1 Å². The van der Waals surface area contributed by atoms with E-state index in [1.165, 1.54) is 0 Å². The maximum atomic E-state index is 9.95. The lowest BCUT2D eigenvalue weighted by atomic mass is 9.91. The number of aliphatic hydroxyl groups is 1. The predicted octanol–water partition coefficient (Wildman–Crippen LogP) is 2.54. The normalized spacial score (nSPS) is 14.9. The second-order valence-electron chi connectivity index (χ2n) is 3.72. The number of benzene rings is 1. The lowest BCUT2D eigenvalue weighted by molar-refractivity contribution is 0.135. The summed E-state index contributed by atoms with van der Waals surface area (Å²) < 4.78 is 0. The van der Waals surface area contributed by atoms with Crippen molar-refractivity contribution in [2.45, 2.75) is 31.8 Å². The van der Waals surface area contributed by atoms with Gasteiger partial charge >= 0.3 is 0 Å². The van der Waals surface area contributed by atoms with Crippen molar-refractivity contribution in [1.29, 1.82) is 0 Å². The molecule has 0 fully saturated rings. The fourth-order valence-corrected chi connectivity index (χ4v) is 2.04. The van der Waals surface area contributed by atoms with E-state index in [-0.39, 0.29) is 5.92 Å². The molecular formula is C12H18ClNO. The van der Waals surface area contributed by atoms with E-state index < -0.39 is 6.10 Å². The largest absolute Gasteiger partial charge is 0.392 e. The molecule has 0 aliphatic rings. The molecule has 0 aromatic heterocycles. The SMILES string of the molecule is CCCC(O)C(CN)c1ccccc1Cl. The average molecular weight is 228 g/mol. The van der Waals surface area contributed by atoms with Gasteiger partial charge in [0, 0.05) is 17.5 Å². The first-order valence-electron chi connectivity index (χ1n) is 5.33. The van der Waals surface area contributed by atoms with Crippen LogP contribution in [0.5, 0.6) is 0 Å². The van der Waals surface area contributed by atoms with E-state index in [1.807, 2.05) is 31.2 Å². The van der Waals surface area contributed by atoms with Crippen molar-refractivity contribution >= 4 is 11.6 Å². The number of halogens is 1. The minimum Gasteiger partial charge on any atom is -0.392 e. The summed E-state index contributed by atoms with van der Waals surface area (Å²) in [6.45, 7) is 2.47. The van der Waals surface area contributed by atoms with Gasteiger partial charge in [0.25, 0.3) is 0 Å². The molecule has 0 heterocycles. The van der Waals surface area contributed by atoms with Gasteiger partial charge in [-0.15, -0.1) is 0 Å². The van der Waals surface area contributed by atoms with E-state index in [2.05, 4.69) is 0 Å². The lowest BCUT2D eigenvalue weighted by Crippen LogP contribution is -2.26. The van der Waals surface area contributed by atoms with Gasteiger partial charge in [0.05, 0.1) is 6.10 Å². The van der Waals surface area contributed by atoms with Gasteiger partial charge in [0.1, 0.15) is 0 Å². The van der Waals surface area contributed by atoms with Crippen molar-refractivity contribution in [2.75, 3.05) is 6.54 Å². The standard InChI is InChI=1S/C12H18ClNO/c1-2-5-12(15)10(8-14)9-6-3-4-7-11(9)13/h3-4,6-7,10,12,15H,2,5,8,14H2,1H3. The maximum Gasteiger partial charge on any atom is 0.0621 e. The number of hydrogen-bond acceptors (Lipinski definition) is 2. The highest BCUT2D eigenvalue weighted by Crippen LogP contribution is 2.27. The predicted molar refractivity (Wildman–Crippen MR) is 64.2 cm³/mol. The van der Waals surface area contributed by atoms with Crippen LogP contribution in [0.1, 0.15) is 31.2 Å². The third-order valence-corrected chi connectivity index (χ3v) is 2.95. The molecule has 0 saturated heterocycles. The molecule has 0 radical (unpaired) electrons. The zero-order chi connectivity index (χ0) is 11.3. The Bertz CT molecular complexity index is 303. The molecular weight excluding hydrogens is 210 g/mol. The van der Waals surface area contributed by atoms with Crippen molar-refractivity contribution in [2.24, 2.45) is 5.73 Å². The van der Waals surface area contributed by atoms with Gasteiger partial charge in [0.15, 0.2) is 0 Å².